The summed E-state index contributed by atoms with van der Waals surface area (Å²) < 4.78 is 1.15. The predicted octanol–water partition coefficient (Wildman–Crippen LogP) is 7.21. The van der Waals surface area contributed by atoms with Crippen LogP contribution in [0.3, 0.4) is 0 Å². The summed E-state index contributed by atoms with van der Waals surface area (Å²) in [5.74, 6) is 0.509. The van der Waals surface area contributed by atoms with Gasteiger partial charge in [0.05, 0.1) is 0 Å². The average Bonchev–Trinajstić information content (AvgIpc) is 2.67. The van der Waals surface area contributed by atoms with Crippen molar-refractivity contribution in [2.45, 2.75) is 6.42 Å². The van der Waals surface area contributed by atoms with Crippen molar-refractivity contribution in [2.75, 3.05) is 0 Å². The molecule has 0 bridgehead atoms. The summed E-state index contributed by atoms with van der Waals surface area (Å²) in [6, 6.07) is 17.6. The van der Waals surface area contributed by atoms with Gasteiger partial charge >= 0.3 is 0 Å². The van der Waals surface area contributed by atoms with Gasteiger partial charge in [0.25, 0.3) is 0 Å². The van der Waals surface area contributed by atoms with E-state index in [1.54, 1.807) is 0 Å². The standard InChI is InChI=1S/C24H17Br/c25-24-10-4-9-21-20-8-3-7-19(22(20)13-14-23(21)24)18-12-11-16-5-1-2-6-17(16)15-18/h1-14,17H,15H2. The van der Waals surface area contributed by atoms with Gasteiger partial charge in [0.1, 0.15) is 0 Å². The van der Waals surface area contributed by atoms with Gasteiger partial charge < -0.3 is 0 Å². The van der Waals surface area contributed by atoms with Crippen molar-refractivity contribution in [3.05, 3.63) is 101 Å². The first kappa shape index (κ1) is 14.9. The van der Waals surface area contributed by atoms with E-state index in [0.29, 0.717) is 5.92 Å². The third-order valence-electron chi connectivity index (χ3n) is 5.30. The van der Waals surface area contributed by atoms with E-state index in [2.05, 4.69) is 101 Å². The average molecular weight is 385 g/mol. The Morgan fingerprint density at radius 2 is 1.56 bits per heavy atom. The molecule has 2 aliphatic carbocycles. The zero-order chi connectivity index (χ0) is 16.8. The number of allylic oxidation sites excluding steroid dienone is 8. The Bertz CT molecular complexity index is 1130. The zero-order valence-corrected chi connectivity index (χ0v) is 15.3. The highest BCUT2D eigenvalue weighted by Crippen LogP contribution is 2.39. The molecule has 0 fully saturated rings. The molecule has 0 heterocycles. The van der Waals surface area contributed by atoms with E-state index in [9.17, 15) is 0 Å². The lowest BCUT2D eigenvalue weighted by Gasteiger charge is -2.23. The van der Waals surface area contributed by atoms with Crippen LogP contribution in [0.4, 0.5) is 0 Å². The first-order valence-electron chi connectivity index (χ1n) is 8.67. The molecule has 1 atom stereocenters. The van der Waals surface area contributed by atoms with E-state index in [1.807, 2.05) is 0 Å². The highest BCUT2D eigenvalue weighted by molar-refractivity contribution is 9.10. The van der Waals surface area contributed by atoms with Gasteiger partial charge in [-0.1, -0.05) is 94.9 Å². The van der Waals surface area contributed by atoms with Crippen molar-refractivity contribution in [3.63, 3.8) is 0 Å². The van der Waals surface area contributed by atoms with Crippen LogP contribution in [-0.2, 0) is 0 Å². The maximum atomic E-state index is 3.68. The molecule has 5 rings (SSSR count). The number of fused-ring (bicyclic) bond motifs is 4. The van der Waals surface area contributed by atoms with Crippen molar-refractivity contribution in [2.24, 2.45) is 5.92 Å². The first-order valence-corrected chi connectivity index (χ1v) is 9.46. The molecule has 0 spiro atoms. The second kappa shape index (κ2) is 5.86. The Labute approximate surface area is 156 Å². The van der Waals surface area contributed by atoms with Crippen molar-refractivity contribution >= 4 is 43.0 Å². The summed E-state index contributed by atoms with van der Waals surface area (Å²) in [5, 5.41) is 5.24. The summed E-state index contributed by atoms with van der Waals surface area (Å²) in [4.78, 5) is 0. The summed E-state index contributed by atoms with van der Waals surface area (Å²) in [6.07, 6.45) is 14.5. The minimum Gasteiger partial charge on any atom is -0.0767 e. The predicted molar refractivity (Wildman–Crippen MR) is 112 cm³/mol. The molecule has 3 aromatic carbocycles. The van der Waals surface area contributed by atoms with Crippen LogP contribution in [0.1, 0.15) is 12.0 Å². The topological polar surface area (TPSA) is 0 Å². The zero-order valence-electron chi connectivity index (χ0n) is 13.7. The highest BCUT2D eigenvalue weighted by Gasteiger charge is 2.19. The van der Waals surface area contributed by atoms with E-state index in [0.717, 1.165) is 10.9 Å². The van der Waals surface area contributed by atoms with Crippen LogP contribution in [0.2, 0.25) is 0 Å². The van der Waals surface area contributed by atoms with Crippen LogP contribution in [0.25, 0.3) is 27.1 Å². The molecule has 25 heavy (non-hydrogen) atoms. The summed E-state index contributed by atoms with van der Waals surface area (Å²) in [6.45, 7) is 0. The van der Waals surface area contributed by atoms with Crippen LogP contribution in [-0.4, -0.2) is 0 Å². The van der Waals surface area contributed by atoms with Crippen LogP contribution < -0.4 is 0 Å². The number of halogens is 1. The fraction of sp³-hybridized carbons (Fsp3) is 0.0833. The maximum absolute atomic E-state index is 3.68. The number of rotatable bonds is 1. The normalized spacial score (nSPS) is 19.0. The smallest absolute Gasteiger partial charge is 0.0253 e. The lowest BCUT2D eigenvalue weighted by molar-refractivity contribution is 0.793. The summed E-state index contributed by atoms with van der Waals surface area (Å²) in [7, 11) is 0. The molecule has 120 valence electrons. The van der Waals surface area contributed by atoms with Gasteiger partial charge in [0.15, 0.2) is 0 Å². The molecule has 3 aromatic rings. The molecule has 1 unspecified atom stereocenters. The number of benzene rings is 3. The Morgan fingerprint density at radius 1 is 0.760 bits per heavy atom. The minimum atomic E-state index is 0.509. The Kier molecular flexibility index (Phi) is 3.50. The molecule has 0 aromatic heterocycles. The van der Waals surface area contributed by atoms with E-state index in [4.69, 9.17) is 0 Å². The Hall–Kier alpha value is -2.38. The number of hydrogen-bond acceptors (Lipinski definition) is 0. The van der Waals surface area contributed by atoms with E-state index in [-0.39, 0.29) is 0 Å². The third kappa shape index (κ3) is 2.42. The molecular formula is C24H17Br. The second-order valence-corrected chi connectivity index (χ2v) is 7.57. The van der Waals surface area contributed by atoms with Crippen LogP contribution in [0.15, 0.2) is 95.0 Å². The fourth-order valence-electron chi connectivity index (χ4n) is 4.03. The van der Waals surface area contributed by atoms with Crippen LogP contribution in [0.5, 0.6) is 0 Å². The highest BCUT2D eigenvalue weighted by atomic mass is 79.9. The summed E-state index contributed by atoms with van der Waals surface area (Å²) >= 11 is 3.68. The lowest BCUT2D eigenvalue weighted by atomic mass is 9.81. The molecule has 0 amide bonds. The molecule has 0 aliphatic heterocycles. The Balaban J connectivity index is 1.73. The van der Waals surface area contributed by atoms with Gasteiger partial charge in [-0.15, -0.1) is 0 Å². The largest absolute Gasteiger partial charge is 0.0767 e. The number of hydrogen-bond donors (Lipinski definition) is 0. The quantitative estimate of drug-likeness (QED) is 0.388. The fourth-order valence-corrected chi connectivity index (χ4v) is 4.53. The minimum absolute atomic E-state index is 0.509. The molecule has 1 heteroatoms. The van der Waals surface area contributed by atoms with E-state index < -0.39 is 0 Å². The lowest BCUT2D eigenvalue weighted by Crippen LogP contribution is -2.07. The maximum Gasteiger partial charge on any atom is 0.0253 e. The van der Waals surface area contributed by atoms with Crippen LogP contribution in [0, 0.1) is 5.92 Å². The van der Waals surface area contributed by atoms with E-state index >= 15 is 0 Å². The Morgan fingerprint density at radius 3 is 2.48 bits per heavy atom. The van der Waals surface area contributed by atoms with Gasteiger partial charge in [-0.3, -0.25) is 0 Å². The molecule has 0 saturated heterocycles. The van der Waals surface area contributed by atoms with Gasteiger partial charge in [-0.25, -0.2) is 0 Å². The SMILES string of the molecule is Brc1cccc2c1ccc1c(C3=CC=C4C=CC=CC4C3)cccc12. The first-order chi connectivity index (χ1) is 12.3. The molecule has 0 nitrogen and oxygen atoms in total. The molecule has 0 radical (unpaired) electrons. The van der Waals surface area contributed by atoms with Crippen molar-refractivity contribution in [1.29, 1.82) is 0 Å². The van der Waals surface area contributed by atoms with Gasteiger partial charge in [-0.2, -0.15) is 0 Å². The van der Waals surface area contributed by atoms with Gasteiger partial charge in [0, 0.05) is 10.4 Å². The molecular weight excluding hydrogens is 368 g/mol. The van der Waals surface area contributed by atoms with Crippen molar-refractivity contribution in [3.8, 4) is 0 Å². The monoisotopic (exact) mass is 384 g/mol. The van der Waals surface area contributed by atoms with Gasteiger partial charge in [0.2, 0.25) is 0 Å². The molecule has 2 aliphatic rings. The van der Waals surface area contributed by atoms with E-state index in [1.165, 1.54) is 38.3 Å². The molecule has 0 saturated carbocycles. The van der Waals surface area contributed by atoms with Crippen molar-refractivity contribution < 1.29 is 0 Å². The third-order valence-corrected chi connectivity index (χ3v) is 5.99. The van der Waals surface area contributed by atoms with Crippen LogP contribution >= 0.6 is 15.9 Å². The second-order valence-electron chi connectivity index (χ2n) is 6.71. The van der Waals surface area contributed by atoms with Gasteiger partial charge in [-0.05, 0) is 50.7 Å². The molecule has 0 N–H and O–H groups in total. The van der Waals surface area contributed by atoms with Crippen molar-refractivity contribution in [1.82, 2.24) is 0 Å². The summed E-state index contributed by atoms with van der Waals surface area (Å²) in [5.41, 5.74) is 4.20.